The molecule has 0 aromatic heterocycles. The molecule has 0 aromatic carbocycles. The van der Waals surface area contributed by atoms with Crippen LogP contribution in [0, 0.1) is 0 Å². The first-order valence-electron chi connectivity index (χ1n) is 5.77. The Hall–Kier alpha value is 1.41. The minimum atomic E-state index is -3.42. The SMILES string of the molecule is [O]=[Sb]([OH])[O]CCCCCCCCCC(Cl)(Cl)Cl. The van der Waals surface area contributed by atoms with Crippen LogP contribution in [-0.4, -0.2) is 34.8 Å². The third-order valence-electron chi connectivity index (χ3n) is 2.31. The fourth-order valence-corrected chi connectivity index (χ4v) is 2.67. The number of alkyl halides is 3. The third kappa shape index (κ3) is 17.4. The van der Waals surface area contributed by atoms with Gasteiger partial charge >= 0.3 is 127 Å². The summed E-state index contributed by atoms with van der Waals surface area (Å²) in [5.41, 5.74) is 0. The van der Waals surface area contributed by atoms with Crippen molar-refractivity contribution in [1.82, 2.24) is 0 Å². The van der Waals surface area contributed by atoms with Gasteiger partial charge in [0.2, 0.25) is 0 Å². The normalized spacial score (nSPS) is 11.8. The summed E-state index contributed by atoms with van der Waals surface area (Å²) >= 11 is 13.5. The summed E-state index contributed by atoms with van der Waals surface area (Å²) < 4.78 is 22.3. The van der Waals surface area contributed by atoms with E-state index in [2.05, 4.69) is 3.02 Å². The number of hydrogen-bond acceptors (Lipinski definition) is 2. The molecule has 0 aliphatic carbocycles. The van der Waals surface area contributed by atoms with Crippen LogP contribution in [0.2, 0.25) is 0 Å². The average molecular weight is 415 g/mol. The van der Waals surface area contributed by atoms with E-state index in [0.29, 0.717) is 13.0 Å². The summed E-state index contributed by atoms with van der Waals surface area (Å²) in [5, 5.41) is 0. The minimum absolute atomic E-state index is 0.413. The van der Waals surface area contributed by atoms with E-state index in [0.717, 1.165) is 44.9 Å². The molecule has 0 bridgehead atoms. The molecule has 0 aliphatic rings. The quantitative estimate of drug-likeness (QED) is 0.335. The van der Waals surface area contributed by atoms with Crippen molar-refractivity contribution in [3.63, 3.8) is 0 Å². The molecule has 0 fully saturated rings. The van der Waals surface area contributed by atoms with Gasteiger partial charge in [-0.3, -0.25) is 0 Å². The molecule has 0 saturated carbocycles. The van der Waals surface area contributed by atoms with Gasteiger partial charge in [0, 0.05) is 0 Å². The van der Waals surface area contributed by atoms with E-state index in [1.165, 1.54) is 0 Å². The molecule has 103 valence electrons. The maximum atomic E-state index is 10.3. The van der Waals surface area contributed by atoms with Gasteiger partial charge in [-0.15, -0.1) is 0 Å². The van der Waals surface area contributed by atoms with E-state index in [-0.39, 0.29) is 0 Å². The number of unbranched alkanes of at least 4 members (excludes halogenated alkanes) is 6. The van der Waals surface area contributed by atoms with Gasteiger partial charge in [0.05, 0.1) is 0 Å². The molecule has 3 nitrogen and oxygen atoms in total. The zero-order chi connectivity index (χ0) is 13.1. The van der Waals surface area contributed by atoms with Crippen LogP contribution in [0.1, 0.15) is 51.4 Å². The van der Waals surface area contributed by atoms with Crippen molar-refractivity contribution >= 4 is 55.8 Å². The molecule has 0 spiro atoms. The molecule has 0 rings (SSSR count). The van der Waals surface area contributed by atoms with Crippen molar-refractivity contribution in [2.75, 3.05) is 6.61 Å². The molecular formula is C10H19Cl3O3Sb. The van der Waals surface area contributed by atoms with Crippen LogP contribution in [0.3, 0.4) is 0 Å². The number of hydrogen-bond donors (Lipinski definition) is 1. The Morgan fingerprint density at radius 2 is 1.41 bits per heavy atom. The molecule has 1 N–H and O–H groups in total. The van der Waals surface area contributed by atoms with E-state index < -0.39 is 24.8 Å². The van der Waals surface area contributed by atoms with Crippen LogP contribution in [0.4, 0.5) is 0 Å². The summed E-state index contributed by atoms with van der Waals surface area (Å²) in [5.74, 6) is 0. The fraction of sp³-hybridized carbons (Fsp3) is 1.00. The third-order valence-corrected chi connectivity index (χ3v) is 4.02. The van der Waals surface area contributed by atoms with Crippen molar-refractivity contribution in [3.8, 4) is 0 Å². The molecule has 0 saturated heterocycles. The van der Waals surface area contributed by atoms with Crippen molar-refractivity contribution in [2.24, 2.45) is 0 Å². The Labute approximate surface area is 126 Å². The van der Waals surface area contributed by atoms with Crippen LogP contribution >= 0.6 is 34.8 Å². The van der Waals surface area contributed by atoms with Gasteiger partial charge in [-0.25, -0.2) is 0 Å². The predicted molar refractivity (Wildman–Crippen MR) is 71.8 cm³/mol. The molecular weight excluding hydrogens is 396 g/mol. The van der Waals surface area contributed by atoms with Crippen LogP contribution in [0.5, 0.6) is 0 Å². The van der Waals surface area contributed by atoms with Crippen molar-refractivity contribution < 1.29 is 9.42 Å². The molecule has 1 radical (unpaired) electrons. The van der Waals surface area contributed by atoms with Gasteiger partial charge in [0.25, 0.3) is 0 Å². The Kier molecular flexibility index (Phi) is 12.2. The topological polar surface area (TPSA) is 46.5 Å². The van der Waals surface area contributed by atoms with Gasteiger partial charge in [-0.05, 0) is 0 Å². The maximum absolute atomic E-state index is 10.3. The van der Waals surface area contributed by atoms with Gasteiger partial charge in [0.1, 0.15) is 0 Å². The predicted octanol–water partition coefficient (Wildman–Crippen LogP) is 3.90. The van der Waals surface area contributed by atoms with Crippen LogP contribution in [0.15, 0.2) is 0 Å². The second-order valence-corrected chi connectivity index (χ2v) is 8.52. The molecule has 0 aromatic rings. The van der Waals surface area contributed by atoms with Crippen molar-refractivity contribution in [2.45, 2.75) is 55.2 Å². The first-order valence-corrected chi connectivity index (χ1v) is 10.1. The second kappa shape index (κ2) is 11.3. The van der Waals surface area contributed by atoms with Crippen molar-refractivity contribution in [3.05, 3.63) is 0 Å². The van der Waals surface area contributed by atoms with E-state index in [4.69, 9.17) is 38.2 Å². The monoisotopic (exact) mass is 413 g/mol. The van der Waals surface area contributed by atoms with Gasteiger partial charge < -0.3 is 0 Å². The summed E-state index contributed by atoms with van der Waals surface area (Å²) in [6, 6.07) is 0. The zero-order valence-electron chi connectivity index (χ0n) is 9.71. The molecule has 0 amide bonds. The van der Waals surface area contributed by atoms with Crippen LogP contribution in [-0.2, 0) is 6.03 Å². The van der Waals surface area contributed by atoms with E-state index in [1.54, 1.807) is 0 Å². The molecule has 0 heterocycles. The average Bonchev–Trinajstić information content (AvgIpc) is 2.18. The Morgan fingerprint density at radius 3 is 1.88 bits per heavy atom. The van der Waals surface area contributed by atoms with E-state index in [1.807, 2.05) is 0 Å². The standard InChI is InChI=1S/C10H18Cl3O.H2O.O.Sb/c11-10(12,13)8-6-4-2-1-3-5-7-9-14;;;/h1-9H2;1H2;;/q-1;;;+2/p-1. The van der Waals surface area contributed by atoms with E-state index >= 15 is 0 Å². The Balaban J connectivity index is 3.06. The molecule has 7 heteroatoms. The summed E-state index contributed by atoms with van der Waals surface area (Å²) in [4.78, 5) is 0. The summed E-state index contributed by atoms with van der Waals surface area (Å²) in [6.45, 7) is 0.413. The van der Waals surface area contributed by atoms with E-state index in [9.17, 15) is 3.02 Å². The number of rotatable bonds is 10. The second-order valence-electron chi connectivity index (χ2n) is 3.91. The molecule has 17 heavy (non-hydrogen) atoms. The zero-order valence-corrected chi connectivity index (χ0v) is 14.5. The first kappa shape index (κ1) is 18.4. The summed E-state index contributed by atoms with van der Waals surface area (Å²) in [6.07, 6.45) is 7.95. The van der Waals surface area contributed by atoms with Crippen LogP contribution < -0.4 is 0 Å². The molecule has 0 aliphatic heterocycles. The van der Waals surface area contributed by atoms with Crippen molar-refractivity contribution in [1.29, 1.82) is 0 Å². The Bertz CT molecular complexity index is 209. The van der Waals surface area contributed by atoms with Gasteiger partial charge in [-0.1, -0.05) is 0 Å². The summed E-state index contributed by atoms with van der Waals surface area (Å²) in [7, 11) is 0. The van der Waals surface area contributed by atoms with Gasteiger partial charge in [-0.2, -0.15) is 0 Å². The molecule has 0 unspecified atom stereocenters. The fourth-order valence-electron chi connectivity index (χ4n) is 1.45. The van der Waals surface area contributed by atoms with Gasteiger partial charge in [0.15, 0.2) is 0 Å². The molecule has 0 atom stereocenters. The Morgan fingerprint density at radius 1 is 0.941 bits per heavy atom. The first-order chi connectivity index (χ1) is 7.92. The van der Waals surface area contributed by atoms with Crippen LogP contribution in [0.25, 0.3) is 0 Å². The number of halogens is 3.